The molecule has 13 heteroatoms. The van der Waals surface area contributed by atoms with Crippen LogP contribution in [0.15, 0.2) is 36.4 Å². The van der Waals surface area contributed by atoms with Crippen LogP contribution in [0, 0.1) is 5.41 Å². The van der Waals surface area contributed by atoms with Gasteiger partial charge in [-0.05, 0) is 63.5 Å². The van der Waals surface area contributed by atoms with E-state index in [4.69, 9.17) is 40.9 Å². The second-order valence-corrected chi connectivity index (χ2v) is 12.2. The summed E-state index contributed by atoms with van der Waals surface area (Å²) in [5.74, 6) is -4.86. The minimum Gasteiger partial charge on any atom is -0.481 e. The van der Waals surface area contributed by atoms with E-state index in [0.29, 0.717) is 25.7 Å². The number of carbonyl (C=O) groups is 5. The lowest BCUT2D eigenvalue weighted by Crippen LogP contribution is -2.32. The first-order valence-corrected chi connectivity index (χ1v) is 18.0. The SMILES string of the molecule is CCC(CO)(CO)CO.CCCCCCCCC=CCCCCCCCC(=O)O.O=C(O)CCCCC(=O)O.O=C(O)c1ccccc1C(=O)O. The number of aliphatic carboxylic acids is 3. The zero-order valence-electron chi connectivity index (χ0n) is 30.6. The molecule has 0 unspecified atom stereocenters. The van der Waals surface area contributed by atoms with Gasteiger partial charge in [-0.25, -0.2) is 9.59 Å². The van der Waals surface area contributed by atoms with Crippen LogP contribution in [0.5, 0.6) is 0 Å². The molecule has 0 fully saturated rings. The predicted octanol–water partition coefficient (Wildman–Crippen LogP) is 7.27. The first-order valence-electron chi connectivity index (χ1n) is 18.0. The van der Waals surface area contributed by atoms with Crippen molar-refractivity contribution in [3.63, 3.8) is 0 Å². The van der Waals surface area contributed by atoms with Crippen molar-refractivity contribution in [1.29, 1.82) is 0 Å². The molecule has 0 amide bonds. The third kappa shape index (κ3) is 34.4. The standard InChI is InChI=1S/C18H34O2.C8H6O4.C6H10O4.C6H14O3/c1-2-3-4-5-6-7-8-9-10-11-12-13-14-15-16-17-18(19)20;9-7(10)5-3-1-2-4-6(5)8(11)12;7-5(8)3-1-2-4-6(9)10;1-2-6(3-7,4-8)5-9/h9-10H,2-8,11-17H2,1H3,(H,19,20);1-4H,(H,9,10)(H,11,12);1-4H2,(H,7,8)(H,9,10);7-9H,2-5H2,1H3. The van der Waals surface area contributed by atoms with Gasteiger partial charge in [0.05, 0.1) is 30.9 Å². The van der Waals surface area contributed by atoms with Gasteiger partial charge in [0.2, 0.25) is 0 Å². The number of aromatic carboxylic acids is 2. The molecule has 1 rings (SSSR count). The summed E-state index contributed by atoms with van der Waals surface area (Å²) >= 11 is 0. The fourth-order valence-electron chi connectivity index (χ4n) is 4.24. The van der Waals surface area contributed by atoms with E-state index in [9.17, 15) is 24.0 Å². The average Bonchev–Trinajstić information content (AvgIpc) is 3.10. The molecule has 0 aromatic heterocycles. The van der Waals surface area contributed by atoms with E-state index >= 15 is 0 Å². The van der Waals surface area contributed by atoms with Crippen molar-refractivity contribution >= 4 is 29.8 Å². The van der Waals surface area contributed by atoms with Crippen molar-refractivity contribution in [2.24, 2.45) is 5.41 Å². The molecule has 13 nitrogen and oxygen atoms in total. The lowest BCUT2D eigenvalue weighted by molar-refractivity contribution is -0.139. The van der Waals surface area contributed by atoms with Gasteiger partial charge < -0.3 is 40.9 Å². The zero-order chi connectivity index (χ0) is 39.3. The average molecular weight is 729 g/mol. The van der Waals surface area contributed by atoms with E-state index in [1.165, 1.54) is 94.9 Å². The van der Waals surface area contributed by atoms with E-state index in [0.717, 1.165) is 12.8 Å². The summed E-state index contributed by atoms with van der Waals surface area (Å²) in [5, 5.41) is 67.8. The Morgan fingerprint density at radius 1 is 0.510 bits per heavy atom. The summed E-state index contributed by atoms with van der Waals surface area (Å²) in [7, 11) is 0. The van der Waals surface area contributed by atoms with Crippen LogP contribution in [0.2, 0.25) is 0 Å². The van der Waals surface area contributed by atoms with Crippen LogP contribution < -0.4 is 0 Å². The highest BCUT2D eigenvalue weighted by molar-refractivity contribution is 6.01. The molecule has 0 saturated heterocycles. The molecule has 0 saturated carbocycles. The van der Waals surface area contributed by atoms with Crippen LogP contribution in [0.4, 0.5) is 0 Å². The monoisotopic (exact) mass is 728 g/mol. The van der Waals surface area contributed by atoms with Crippen LogP contribution in [0.25, 0.3) is 0 Å². The Balaban J connectivity index is -0.000000639. The molecular weight excluding hydrogens is 664 g/mol. The highest BCUT2D eigenvalue weighted by atomic mass is 16.4. The van der Waals surface area contributed by atoms with Crippen molar-refractivity contribution < 1.29 is 64.8 Å². The Bertz CT molecular complexity index is 1010. The van der Waals surface area contributed by atoms with Crippen molar-refractivity contribution in [2.75, 3.05) is 19.8 Å². The molecule has 51 heavy (non-hydrogen) atoms. The molecule has 294 valence electrons. The molecule has 8 N–H and O–H groups in total. The number of benzene rings is 1. The topological polar surface area (TPSA) is 247 Å². The highest BCUT2D eigenvalue weighted by Gasteiger charge is 2.24. The molecule has 0 atom stereocenters. The van der Waals surface area contributed by atoms with Crippen molar-refractivity contribution in [3.05, 3.63) is 47.5 Å². The summed E-state index contributed by atoms with van der Waals surface area (Å²) in [6.07, 6.45) is 22.9. The summed E-state index contributed by atoms with van der Waals surface area (Å²) < 4.78 is 0. The van der Waals surface area contributed by atoms with Crippen LogP contribution in [0.1, 0.15) is 157 Å². The van der Waals surface area contributed by atoms with Gasteiger partial charge in [0.25, 0.3) is 0 Å². The maximum atomic E-state index is 10.5. The van der Waals surface area contributed by atoms with Gasteiger partial charge in [-0.2, -0.15) is 0 Å². The van der Waals surface area contributed by atoms with Gasteiger partial charge >= 0.3 is 29.8 Å². The van der Waals surface area contributed by atoms with Crippen LogP contribution in [-0.2, 0) is 14.4 Å². The smallest absolute Gasteiger partial charge is 0.336 e. The van der Waals surface area contributed by atoms with E-state index in [2.05, 4.69) is 19.1 Å². The number of aliphatic hydroxyl groups is 3. The van der Waals surface area contributed by atoms with Crippen LogP contribution in [-0.4, -0.2) is 90.5 Å². The maximum absolute atomic E-state index is 10.5. The summed E-state index contributed by atoms with van der Waals surface area (Å²) in [6, 6.07) is 5.48. The van der Waals surface area contributed by atoms with Gasteiger partial charge in [0.15, 0.2) is 0 Å². The normalized spacial score (nSPS) is 10.5. The number of hydrogen-bond donors (Lipinski definition) is 8. The Labute approximate surface area is 303 Å². The van der Waals surface area contributed by atoms with Crippen molar-refractivity contribution in [3.8, 4) is 0 Å². The highest BCUT2D eigenvalue weighted by Crippen LogP contribution is 2.18. The fourth-order valence-corrected chi connectivity index (χ4v) is 4.24. The Morgan fingerprint density at radius 2 is 0.824 bits per heavy atom. The molecule has 1 aromatic carbocycles. The number of unbranched alkanes of at least 4 members (excludes halogenated alkanes) is 12. The number of rotatable bonds is 26. The molecular formula is C38H64O13. The van der Waals surface area contributed by atoms with Gasteiger partial charge in [-0.3, -0.25) is 14.4 Å². The molecule has 1 aromatic rings. The van der Waals surface area contributed by atoms with Crippen molar-refractivity contribution in [2.45, 2.75) is 136 Å². The van der Waals surface area contributed by atoms with E-state index in [-0.39, 0.29) is 43.8 Å². The fraction of sp³-hybridized carbons (Fsp3) is 0.658. The number of hydrogen-bond acceptors (Lipinski definition) is 8. The summed E-state index contributed by atoms with van der Waals surface area (Å²) in [6.45, 7) is 3.61. The second-order valence-electron chi connectivity index (χ2n) is 12.2. The Morgan fingerprint density at radius 3 is 1.10 bits per heavy atom. The molecule has 0 spiro atoms. The first-order chi connectivity index (χ1) is 24.3. The van der Waals surface area contributed by atoms with Crippen molar-refractivity contribution in [1.82, 2.24) is 0 Å². The minimum atomic E-state index is -1.23. The predicted molar refractivity (Wildman–Crippen MR) is 195 cm³/mol. The van der Waals surface area contributed by atoms with E-state index < -0.39 is 35.3 Å². The molecule has 0 radical (unpaired) electrons. The molecule has 0 aliphatic rings. The summed E-state index contributed by atoms with van der Waals surface area (Å²) in [4.78, 5) is 51.0. The minimum absolute atomic E-state index is 0.0628. The van der Waals surface area contributed by atoms with Crippen LogP contribution >= 0.6 is 0 Å². The number of allylic oxidation sites excluding steroid dienone is 2. The number of carboxylic acids is 5. The third-order valence-electron chi connectivity index (χ3n) is 7.83. The van der Waals surface area contributed by atoms with Gasteiger partial charge in [-0.1, -0.05) is 89.5 Å². The Hall–Kier alpha value is -3.81. The Kier molecular flexibility index (Phi) is 36.4. The third-order valence-corrected chi connectivity index (χ3v) is 7.83. The van der Waals surface area contributed by atoms with Gasteiger partial charge in [0, 0.05) is 24.7 Å². The quantitative estimate of drug-likeness (QED) is 0.0346. The molecule has 0 bridgehead atoms. The first kappa shape index (κ1) is 51.6. The largest absolute Gasteiger partial charge is 0.481 e. The van der Waals surface area contributed by atoms with Gasteiger partial charge in [0.1, 0.15) is 0 Å². The number of carboxylic acid groups (broad SMARTS) is 5. The number of aliphatic hydroxyl groups excluding tert-OH is 3. The molecule has 0 heterocycles. The van der Waals surface area contributed by atoms with Crippen LogP contribution in [0.3, 0.4) is 0 Å². The summed E-state index contributed by atoms with van der Waals surface area (Å²) in [5.41, 5.74) is -1.05. The van der Waals surface area contributed by atoms with Gasteiger partial charge in [-0.15, -0.1) is 0 Å². The lowest BCUT2D eigenvalue weighted by atomic mass is 9.88. The lowest BCUT2D eigenvalue weighted by Gasteiger charge is -2.24. The molecule has 0 aliphatic heterocycles. The molecule has 0 aliphatic carbocycles. The zero-order valence-corrected chi connectivity index (χ0v) is 30.6. The second kappa shape index (κ2) is 36.0. The maximum Gasteiger partial charge on any atom is 0.336 e. The van der Waals surface area contributed by atoms with E-state index in [1.807, 2.05) is 6.92 Å². The van der Waals surface area contributed by atoms with E-state index in [1.54, 1.807) is 0 Å².